The summed E-state index contributed by atoms with van der Waals surface area (Å²) in [6.07, 6.45) is 0. The fourth-order valence-corrected chi connectivity index (χ4v) is 4.87. The number of carbonyl (C=O) groups excluding carboxylic acids is 1. The van der Waals surface area contributed by atoms with Crippen molar-refractivity contribution < 1.29 is 13.2 Å². The van der Waals surface area contributed by atoms with Gasteiger partial charge in [-0.05, 0) is 12.1 Å². The van der Waals surface area contributed by atoms with Crippen molar-refractivity contribution in [2.75, 3.05) is 18.9 Å². The summed E-state index contributed by atoms with van der Waals surface area (Å²) in [5, 5.41) is 11.2. The largest absolute Gasteiger partial charge is 0.299 e. The predicted octanol–water partition coefficient (Wildman–Crippen LogP) is 2.30. The number of hydrogen-bond acceptors (Lipinski definition) is 7. The van der Waals surface area contributed by atoms with Crippen LogP contribution in [-0.2, 0) is 14.8 Å². The molecule has 0 saturated carbocycles. The molecule has 0 aliphatic rings. The van der Waals surface area contributed by atoms with Gasteiger partial charge in [0.2, 0.25) is 21.1 Å². The zero-order valence-corrected chi connectivity index (χ0v) is 15.9. The van der Waals surface area contributed by atoms with E-state index in [0.717, 1.165) is 8.64 Å². The molecule has 0 radical (unpaired) electrons. The summed E-state index contributed by atoms with van der Waals surface area (Å²) in [6.45, 7) is 3.77. The number of carbonyl (C=O) groups is 1. The molecular weight excluding hydrogens is 368 g/mol. The summed E-state index contributed by atoms with van der Waals surface area (Å²) in [7, 11) is -2.34. The number of likely N-dealkylation sites (N-methyl/N-ethyl adjacent to an activating group) is 1. The topological polar surface area (TPSA) is 92.3 Å². The molecule has 0 unspecified atom stereocenters. The zero-order valence-electron chi connectivity index (χ0n) is 13.5. The molecule has 7 nitrogen and oxygen atoms in total. The summed E-state index contributed by atoms with van der Waals surface area (Å²) in [6, 6.07) is 7.98. The quantitative estimate of drug-likeness (QED) is 0.580. The molecule has 1 N–H and O–H groups in total. The van der Waals surface area contributed by atoms with Gasteiger partial charge in [0.1, 0.15) is 0 Å². The normalized spacial score (nSPS) is 11.9. The van der Waals surface area contributed by atoms with Crippen molar-refractivity contribution >= 4 is 44.2 Å². The summed E-state index contributed by atoms with van der Waals surface area (Å²) < 4.78 is 26.5. The van der Waals surface area contributed by atoms with Gasteiger partial charge in [0.05, 0.1) is 11.4 Å². The number of sulfonamides is 1. The van der Waals surface area contributed by atoms with E-state index in [-0.39, 0.29) is 11.4 Å². The molecule has 0 spiro atoms. The van der Waals surface area contributed by atoms with Gasteiger partial charge in [0.15, 0.2) is 4.34 Å². The maximum Gasteiger partial charge on any atom is 0.243 e. The van der Waals surface area contributed by atoms with Crippen LogP contribution in [0, 0.1) is 0 Å². The van der Waals surface area contributed by atoms with E-state index >= 15 is 0 Å². The first-order valence-electron chi connectivity index (χ1n) is 7.10. The van der Waals surface area contributed by atoms with E-state index in [1.807, 2.05) is 13.8 Å². The lowest BCUT2D eigenvalue weighted by Crippen LogP contribution is -2.34. The molecule has 1 amide bonds. The first-order chi connectivity index (χ1) is 11.3. The maximum atomic E-state index is 12.4. The molecule has 130 valence electrons. The van der Waals surface area contributed by atoms with Crippen LogP contribution in [0.15, 0.2) is 39.6 Å². The van der Waals surface area contributed by atoms with E-state index in [1.54, 1.807) is 30.0 Å². The van der Waals surface area contributed by atoms with E-state index in [4.69, 9.17) is 0 Å². The Labute approximate surface area is 149 Å². The number of aromatic nitrogens is 2. The number of hydrogen-bond donors (Lipinski definition) is 1. The molecule has 0 aliphatic carbocycles. The molecule has 0 aliphatic heterocycles. The highest BCUT2D eigenvalue weighted by atomic mass is 32.2. The molecule has 1 aromatic carbocycles. The van der Waals surface area contributed by atoms with E-state index in [1.165, 1.54) is 30.5 Å². The maximum absolute atomic E-state index is 12.4. The Morgan fingerprint density at radius 1 is 1.29 bits per heavy atom. The molecular formula is C14H18N4O3S3. The molecule has 10 heteroatoms. The number of rotatable bonds is 7. The molecule has 1 heterocycles. The third-order valence-corrected chi connectivity index (χ3v) is 6.55. The van der Waals surface area contributed by atoms with E-state index in [0.29, 0.717) is 10.4 Å². The lowest BCUT2D eigenvalue weighted by atomic mass is 10.4. The second-order valence-electron chi connectivity index (χ2n) is 5.16. The lowest BCUT2D eigenvalue weighted by molar-refractivity contribution is -0.116. The Kier molecular flexibility index (Phi) is 6.33. The summed E-state index contributed by atoms with van der Waals surface area (Å²) in [5.74, 6) is -0.464. The minimum Gasteiger partial charge on any atom is -0.299 e. The highest BCUT2D eigenvalue weighted by Gasteiger charge is 2.23. The van der Waals surface area contributed by atoms with Gasteiger partial charge in [-0.2, -0.15) is 4.31 Å². The smallest absolute Gasteiger partial charge is 0.243 e. The summed E-state index contributed by atoms with van der Waals surface area (Å²) in [5.41, 5.74) is 0. The first-order valence-corrected chi connectivity index (χ1v) is 10.2. The van der Waals surface area contributed by atoms with E-state index in [2.05, 4.69) is 15.5 Å². The highest BCUT2D eigenvalue weighted by molar-refractivity contribution is 8.01. The Bertz CT molecular complexity index is 791. The van der Waals surface area contributed by atoms with Gasteiger partial charge in [-0.3, -0.25) is 10.1 Å². The van der Waals surface area contributed by atoms with Crippen molar-refractivity contribution in [1.29, 1.82) is 0 Å². The Balaban J connectivity index is 1.98. The van der Waals surface area contributed by atoms with Crippen LogP contribution < -0.4 is 5.32 Å². The van der Waals surface area contributed by atoms with Crippen molar-refractivity contribution in [2.24, 2.45) is 0 Å². The van der Waals surface area contributed by atoms with Gasteiger partial charge in [0.25, 0.3) is 0 Å². The molecule has 0 atom stereocenters. The molecule has 1 aromatic heterocycles. The van der Waals surface area contributed by atoms with Crippen LogP contribution in [0.25, 0.3) is 0 Å². The Morgan fingerprint density at radius 2 is 1.96 bits per heavy atom. The zero-order chi connectivity index (χ0) is 17.7. The average molecular weight is 387 g/mol. The van der Waals surface area contributed by atoms with Crippen molar-refractivity contribution in [2.45, 2.75) is 28.3 Å². The SMILES string of the molecule is CC(C)Sc1nnc(NC(=O)CN(C)S(=O)(=O)c2ccccc2)s1. The van der Waals surface area contributed by atoms with Gasteiger partial charge >= 0.3 is 0 Å². The number of nitrogens with one attached hydrogen (secondary N) is 1. The average Bonchev–Trinajstić information content (AvgIpc) is 2.94. The summed E-state index contributed by atoms with van der Waals surface area (Å²) in [4.78, 5) is 12.2. The summed E-state index contributed by atoms with van der Waals surface area (Å²) >= 11 is 2.81. The standard InChI is InChI=1S/C14H18N4O3S3/c1-10(2)22-14-17-16-13(23-14)15-12(19)9-18(3)24(20,21)11-7-5-4-6-8-11/h4-8,10H,9H2,1-3H3,(H,15,16,19). The minimum atomic E-state index is -3.70. The Hall–Kier alpha value is -1.49. The van der Waals surface area contributed by atoms with E-state index in [9.17, 15) is 13.2 Å². The fraction of sp³-hybridized carbons (Fsp3) is 0.357. The van der Waals surface area contributed by atoms with Crippen molar-refractivity contribution in [3.63, 3.8) is 0 Å². The predicted molar refractivity (Wildman–Crippen MR) is 95.8 cm³/mol. The van der Waals surface area contributed by atoms with Crippen LogP contribution in [0.1, 0.15) is 13.8 Å². The van der Waals surface area contributed by atoms with Gasteiger partial charge in [0, 0.05) is 12.3 Å². The van der Waals surface area contributed by atoms with Gasteiger partial charge in [-0.15, -0.1) is 10.2 Å². The van der Waals surface area contributed by atoms with E-state index < -0.39 is 15.9 Å². The lowest BCUT2D eigenvalue weighted by Gasteiger charge is -2.16. The number of nitrogens with zero attached hydrogens (tertiary/aromatic N) is 3. The molecule has 0 bridgehead atoms. The Morgan fingerprint density at radius 3 is 2.58 bits per heavy atom. The minimum absolute atomic E-state index is 0.145. The van der Waals surface area contributed by atoms with Gasteiger partial charge in [-0.25, -0.2) is 8.42 Å². The van der Waals surface area contributed by atoms with Crippen LogP contribution in [0.4, 0.5) is 5.13 Å². The second-order valence-corrected chi connectivity index (χ2v) is 10.0. The van der Waals surface area contributed by atoms with Gasteiger partial charge < -0.3 is 0 Å². The number of thioether (sulfide) groups is 1. The monoisotopic (exact) mass is 386 g/mol. The van der Waals surface area contributed by atoms with Crippen LogP contribution in [-0.4, -0.2) is 47.7 Å². The van der Waals surface area contributed by atoms with Crippen molar-refractivity contribution in [3.05, 3.63) is 30.3 Å². The first kappa shape index (κ1) is 18.8. The number of benzene rings is 1. The van der Waals surface area contributed by atoms with Crippen LogP contribution in [0.3, 0.4) is 0 Å². The molecule has 0 fully saturated rings. The van der Waals surface area contributed by atoms with Crippen LogP contribution in [0.5, 0.6) is 0 Å². The molecule has 2 aromatic rings. The fourth-order valence-electron chi connectivity index (χ4n) is 1.73. The third-order valence-electron chi connectivity index (χ3n) is 2.81. The molecule has 0 saturated heterocycles. The van der Waals surface area contributed by atoms with Gasteiger partial charge in [-0.1, -0.05) is 55.1 Å². The number of anilines is 1. The second kappa shape index (κ2) is 8.06. The number of amides is 1. The molecule has 24 heavy (non-hydrogen) atoms. The van der Waals surface area contributed by atoms with Crippen molar-refractivity contribution in [1.82, 2.24) is 14.5 Å². The van der Waals surface area contributed by atoms with Crippen LogP contribution in [0.2, 0.25) is 0 Å². The highest BCUT2D eigenvalue weighted by Crippen LogP contribution is 2.28. The third kappa shape index (κ3) is 5.00. The van der Waals surface area contributed by atoms with Crippen molar-refractivity contribution in [3.8, 4) is 0 Å². The van der Waals surface area contributed by atoms with Crippen LogP contribution >= 0.6 is 23.1 Å². The molecule has 2 rings (SSSR count).